The Morgan fingerprint density at radius 1 is 1.41 bits per heavy atom. The number of ether oxygens (including phenoxy) is 1. The van der Waals surface area contributed by atoms with Crippen molar-refractivity contribution in [2.75, 3.05) is 37.2 Å². The molecular formula is C16H24N4OS. The van der Waals surface area contributed by atoms with E-state index in [1.807, 2.05) is 6.20 Å². The van der Waals surface area contributed by atoms with E-state index in [0.717, 1.165) is 35.8 Å². The third-order valence-electron chi connectivity index (χ3n) is 4.42. The second-order valence-electron chi connectivity index (χ2n) is 5.96. The highest BCUT2D eigenvalue weighted by atomic mass is 32.2. The third-order valence-corrected chi connectivity index (χ3v) is 5.70. The first-order valence-electron chi connectivity index (χ1n) is 7.87. The Hall–Kier alpha value is -1.27. The standard InChI is InChI=1S/C16H24N4OS/c1-20(16-14-4-5-17-15(14)18-11-19-16)13-8-12(9-13)10-22-7-3-6-21-2/h4-5,11-13H,3,6-10H2,1-2H3,(H,17,18,19). The van der Waals surface area contributed by atoms with Crippen LogP contribution in [0, 0.1) is 5.92 Å². The van der Waals surface area contributed by atoms with Crippen LogP contribution in [0.1, 0.15) is 19.3 Å². The van der Waals surface area contributed by atoms with Crippen molar-refractivity contribution in [3.8, 4) is 0 Å². The molecule has 0 aliphatic heterocycles. The van der Waals surface area contributed by atoms with Gasteiger partial charge in [-0.3, -0.25) is 0 Å². The van der Waals surface area contributed by atoms with Gasteiger partial charge in [0.25, 0.3) is 0 Å². The van der Waals surface area contributed by atoms with Gasteiger partial charge in [0.1, 0.15) is 17.8 Å². The molecular weight excluding hydrogens is 296 g/mol. The highest BCUT2D eigenvalue weighted by Crippen LogP contribution is 2.36. The number of hydrogen-bond acceptors (Lipinski definition) is 5. The van der Waals surface area contributed by atoms with Crippen molar-refractivity contribution in [1.29, 1.82) is 0 Å². The van der Waals surface area contributed by atoms with E-state index in [1.165, 1.54) is 24.3 Å². The Balaban J connectivity index is 1.47. The van der Waals surface area contributed by atoms with Crippen molar-refractivity contribution in [2.45, 2.75) is 25.3 Å². The number of nitrogens with one attached hydrogen (secondary N) is 1. The second-order valence-corrected chi connectivity index (χ2v) is 7.11. The molecule has 1 saturated carbocycles. The van der Waals surface area contributed by atoms with E-state index in [2.05, 4.69) is 44.7 Å². The minimum atomic E-state index is 0.609. The molecule has 1 aliphatic rings. The SMILES string of the molecule is COCCCSCC1CC(N(C)c2ncnc3[nH]ccc23)C1. The normalized spacial score (nSPS) is 21.0. The minimum absolute atomic E-state index is 0.609. The highest BCUT2D eigenvalue weighted by molar-refractivity contribution is 7.99. The van der Waals surface area contributed by atoms with Gasteiger partial charge in [0, 0.05) is 33.0 Å². The first-order chi connectivity index (χ1) is 10.8. The van der Waals surface area contributed by atoms with E-state index in [0.29, 0.717) is 6.04 Å². The molecule has 120 valence electrons. The maximum atomic E-state index is 5.08. The van der Waals surface area contributed by atoms with Gasteiger partial charge in [-0.2, -0.15) is 11.8 Å². The Morgan fingerprint density at radius 2 is 2.27 bits per heavy atom. The van der Waals surface area contributed by atoms with E-state index in [1.54, 1.807) is 13.4 Å². The molecule has 2 aromatic rings. The number of hydrogen-bond donors (Lipinski definition) is 1. The van der Waals surface area contributed by atoms with Crippen LogP contribution in [-0.2, 0) is 4.74 Å². The van der Waals surface area contributed by atoms with Crippen molar-refractivity contribution < 1.29 is 4.74 Å². The van der Waals surface area contributed by atoms with Crippen LogP contribution >= 0.6 is 11.8 Å². The van der Waals surface area contributed by atoms with E-state index < -0.39 is 0 Å². The van der Waals surface area contributed by atoms with Crippen LogP contribution in [0.5, 0.6) is 0 Å². The number of nitrogens with zero attached hydrogens (tertiary/aromatic N) is 3. The molecule has 6 heteroatoms. The lowest BCUT2D eigenvalue weighted by atomic mass is 9.81. The number of rotatable bonds is 8. The molecule has 3 rings (SSSR count). The molecule has 1 aliphatic carbocycles. The van der Waals surface area contributed by atoms with Crippen LogP contribution in [0.2, 0.25) is 0 Å². The summed E-state index contributed by atoms with van der Waals surface area (Å²) in [4.78, 5) is 14.2. The smallest absolute Gasteiger partial charge is 0.142 e. The van der Waals surface area contributed by atoms with E-state index in [-0.39, 0.29) is 0 Å². The van der Waals surface area contributed by atoms with E-state index >= 15 is 0 Å². The lowest BCUT2D eigenvalue weighted by Gasteiger charge is -2.41. The summed E-state index contributed by atoms with van der Waals surface area (Å²) in [7, 11) is 3.92. The lowest BCUT2D eigenvalue weighted by Crippen LogP contribution is -2.44. The summed E-state index contributed by atoms with van der Waals surface area (Å²) in [5, 5.41) is 1.11. The average molecular weight is 320 g/mol. The molecule has 1 N–H and O–H groups in total. The van der Waals surface area contributed by atoms with Crippen molar-refractivity contribution in [2.24, 2.45) is 5.92 Å². The van der Waals surface area contributed by atoms with Crippen LogP contribution in [0.15, 0.2) is 18.6 Å². The van der Waals surface area contributed by atoms with E-state index in [9.17, 15) is 0 Å². The van der Waals surface area contributed by atoms with Crippen molar-refractivity contribution in [3.05, 3.63) is 18.6 Å². The summed E-state index contributed by atoms with van der Waals surface area (Å²) in [5.41, 5.74) is 0.918. The number of H-pyrrole nitrogens is 1. The van der Waals surface area contributed by atoms with Gasteiger partial charge in [0.15, 0.2) is 0 Å². The summed E-state index contributed by atoms with van der Waals surface area (Å²) in [5.74, 6) is 4.38. The molecule has 0 spiro atoms. The first kappa shape index (κ1) is 15.6. The number of aromatic nitrogens is 3. The van der Waals surface area contributed by atoms with Gasteiger partial charge in [0.2, 0.25) is 0 Å². The molecule has 0 unspecified atom stereocenters. The van der Waals surface area contributed by atoms with Crippen molar-refractivity contribution >= 4 is 28.6 Å². The zero-order valence-electron chi connectivity index (χ0n) is 13.3. The summed E-state index contributed by atoms with van der Waals surface area (Å²) >= 11 is 2.06. The number of fused-ring (bicyclic) bond motifs is 1. The Morgan fingerprint density at radius 3 is 3.09 bits per heavy atom. The number of aromatic amines is 1. The summed E-state index contributed by atoms with van der Waals surface area (Å²) in [6.45, 7) is 0.878. The zero-order valence-corrected chi connectivity index (χ0v) is 14.1. The second kappa shape index (κ2) is 7.33. The highest BCUT2D eigenvalue weighted by Gasteiger charge is 2.33. The Labute approximate surface area is 135 Å². The molecule has 22 heavy (non-hydrogen) atoms. The van der Waals surface area contributed by atoms with Crippen LogP contribution in [0.25, 0.3) is 11.0 Å². The number of methoxy groups -OCH3 is 1. The maximum absolute atomic E-state index is 5.08. The summed E-state index contributed by atoms with van der Waals surface area (Å²) in [6, 6.07) is 2.67. The number of thioether (sulfide) groups is 1. The monoisotopic (exact) mass is 320 g/mol. The average Bonchev–Trinajstić information content (AvgIpc) is 2.96. The van der Waals surface area contributed by atoms with Crippen LogP contribution in [-0.4, -0.2) is 53.3 Å². The van der Waals surface area contributed by atoms with Gasteiger partial charge < -0.3 is 14.6 Å². The maximum Gasteiger partial charge on any atom is 0.142 e. The Kier molecular flexibility index (Phi) is 5.20. The predicted molar refractivity (Wildman–Crippen MR) is 92.6 cm³/mol. The quantitative estimate of drug-likeness (QED) is 0.758. The molecule has 5 nitrogen and oxygen atoms in total. The Bertz CT molecular complexity index is 597. The first-order valence-corrected chi connectivity index (χ1v) is 9.02. The molecule has 0 amide bonds. The van der Waals surface area contributed by atoms with Crippen LogP contribution in [0.3, 0.4) is 0 Å². The van der Waals surface area contributed by atoms with Gasteiger partial charge in [-0.05, 0) is 42.8 Å². The van der Waals surface area contributed by atoms with Crippen molar-refractivity contribution in [1.82, 2.24) is 15.0 Å². The lowest BCUT2D eigenvalue weighted by molar-refractivity contribution is 0.200. The number of anilines is 1. The molecule has 0 radical (unpaired) electrons. The van der Waals surface area contributed by atoms with Crippen LogP contribution < -0.4 is 4.90 Å². The fourth-order valence-electron chi connectivity index (χ4n) is 3.02. The summed E-state index contributed by atoms with van der Waals surface area (Å²) < 4.78 is 5.08. The largest absolute Gasteiger partial charge is 0.385 e. The van der Waals surface area contributed by atoms with Crippen LogP contribution in [0.4, 0.5) is 5.82 Å². The third kappa shape index (κ3) is 3.38. The van der Waals surface area contributed by atoms with Gasteiger partial charge in [-0.25, -0.2) is 9.97 Å². The molecule has 0 saturated heterocycles. The van der Waals surface area contributed by atoms with Gasteiger partial charge in [0.05, 0.1) is 5.39 Å². The fraction of sp³-hybridized carbons (Fsp3) is 0.625. The molecule has 2 heterocycles. The predicted octanol–water partition coefficient (Wildman–Crippen LogP) is 2.94. The molecule has 0 bridgehead atoms. The van der Waals surface area contributed by atoms with Gasteiger partial charge in [-0.15, -0.1) is 0 Å². The minimum Gasteiger partial charge on any atom is -0.385 e. The topological polar surface area (TPSA) is 54.0 Å². The van der Waals surface area contributed by atoms with Gasteiger partial charge >= 0.3 is 0 Å². The van der Waals surface area contributed by atoms with E-state index in [4.69, 9.17) is 4.74 Å². The molecule has 0 aromatic carbocycles. The summed E-state index contributed by atoms with van der Waals surface area (Å²) in [6.07, 6.45) is 7.26. The zero-order chi connectivity index (χ0) is 15.4. The molecule has 1 fully saturated rings. The molecule has 2 aromatic heterocycles. The van der Waals surface area contributed by atoms with Crippen molar-refractivity contribution in [3.63, 3.8) is 0 Å². The molecule has 0 atom stereocenters. The van der Waals surface area contributed by atoms with Gasteiger partial charge in [-0.1, -0.05) is 0 Å². The fourth-order valence-corrected chi connectivity index (χ4v) is 4.11.